The monoisotopic (exact) mass is 362 g/mol. The van der Waals surface area contributed by atoms with Gasteiger partial charge in [0.1, 0.15) is 5.69 Å². The summed E-state index contributed by atoms with van der Waals surface area (Å²) in [7, 11) is 0. The summed E-state index contributed by atoms with van der Waals surface area (Å²) in [6.07, 6.45) is 0.881. The van der Waals surface area contributed by atoms with Crippen LogP contribution >= 0.6 is 11.6 Å². The van der Waals surface area contributed by atoms with Gasteiger partial charge < -0.3 is 15.7 Å². The molecule has 0 fully saturated rings. The second kappa shape index (κ2) is 7.67. The van der Waals surface area contributed by atoms with Crippen LogP contribution in [0.5, 0.6) is 0 Å². The molecule has 1 aliphatic heterocycles. The quantitative estimate of drug-likeness (QED) is 0.691. The first-order chi connectivity index (χ1) is 12.0. The zero-order valence-electron chi connectivity index (χ0n) is 13.5. The number of halogens is 1. The van der Waals surface area contributed by atoms with Gasteiger partial charge in [0.2, 0.25) is 0 Å². The Morgan fingerprint density at radius 1 is 1.40 bits per heavy atom. The molecule has 1 unspecified atom stereocenters. The fraction of sp³-hybridized carbons (Fsp3) is 0.353. The molecule has 1 atom stereocenters. The molecule has 1 aromatic carbocycles. The van der Waals surface area contributed by atoms with E-state index in [4.69, 9.17) is 11.6 Å². The maximum Gasteiger partial charge on any atom is 0.271 e. The van der Waals surface area contributed by atoms with Gasteiger partial charge in [-0.25, -0.2) is 0 Å². The molecule has 0 bridgehead atoms. The van der Waals surface area contributed by atoms with Crippen LogP contribution in [0.4, 0.5) is 0 Å². The number of benzene rings is 1. The largest absolute Gasteiger partial charge is 0.389 e. The molecule has 132 valence electrons. The number of hydrogen-bond acceptors (Lipinski definition) is 4. The van der Waals surface area contributed by atoms with Crippen molar-refractivity contribution in [2.75, 3.05) is 13.1 Å². The molecule has 3 rings (SSSR count). The number of fused-ring (bicyclic) bond motifs is 1. The van der Waals surface area contributed by atoms with Crippen molar-refractivity contribution < 1.29 is 14.7 Å². The van der Waals surface area contributed by atoms with Crippen molar-refractivity contribution in [1.29, 1.82) is 0 Å². The lowest BCUT2D eigenvalue weighted by Crippen LogP contribution is -2.30. The molecule has 0 spiro atoms. The van der Waals surface area contributed by atoms with Crippen molar-refractivity contribution in [3.8, 4) is 0 Å². The third-order valence-electron chi connectivity index (χ3n) is 3.97. The summed E-state index contributed by atoms with van der Waals surface area (Å²) in [4.78, 5) is 24.1. The van der Waals surface area contributed by atoms with E-state index in [0.717, 1.165) is 18.4 Å². The Morgan fingerprint density at radius 3 is 2.92 bits per heavy atom. The molecule has 0 saturated heterocycles. The second-order valence-electron chi connectivity index (χ2n) is 5.95. The lowest BCUT2D eigenvalue weighted by molar-refractivity contribution is 0.0931. The van der Waals surface area contributed by atoms with Crippen molar-refractivity contribution >= 4 is 23.4 Å². The Bertz CT molecular complexity index is 773. The van der Waals surface area contributed by atoms with Gasteiger partial charge in [0.25, 0.3) is 11.8 Å². The molecule has 1 aromatic heterocycles. The average molecular weight is 363 g/mol. The van der Waals surface area contributed by atoms with Crippen molar-refractivity contribution in [3.05, 3.63) is 52.3 Å². The van der Waals surface area contributed by atoms with Gasteiger partial charge in [-0.2, -0.15) is 5.10 Å². The third-order valence-corrected chi connectivity index (χ3v) is 4.22. The lowest BCUT2D eigenvalue weighted by Gasteiger charge is -2.06. The first-order valence-electron chi connectivity index (χ1n) is 8.09. The molecule has 2 amide bonds. The van der Waals surface area contributed by atoms with Gasteiger partial charge in [0, 0.05) is 24.2 Å². The van der Waals surface area contributed by atoms with Crippen molar-refractivity contribution in [2.45, 2.75) is 25.5 Å². The Kier molecular flexibility index (Phi) is 5.35. The summed E-state index contributed by atoms with van der Waals surface area (Å²) < 4.78 is 1.37. The van der Waals surface area contributed by atoms with Crippen molar-refractivity contribution in [1.82, 2.24) is 20.4 Å². The van der Waals surface area contributed by atoms with Crippen LogP contribution in [0.2, 0.25) is 5.02 Å². The van der Waals surface area contributed by atoms with Gasteiger partial charge in [-0.15, -0.1) is 0 Å². The standard InChI is InChI=1S/C17H19ClN4O3/c18-12-5-3-11(4-6-12)2-1-7-19-16(24)14-8-15-17(25)20-9-13(23)10-22(15)21-14/h3-6,8,13,23H,1-2,7,9-10H2,(H,19,24)(H,20,25). The van der Waals surface area contributed by atoms with E-state index in [1.165, 1.54) is 10.7 Å². The normalized spacial score (nSPS) is 16.7. The highest BCUT2D eigenvalue weighted by Crippen LogP contribution is 2.11. The Morgan fingerprint density at radius 2 is 2.16 bits per heavy atom. The fourth-order valence-electron chi connectivity index (χ4n) is 2.65. The van der Waals surface area contributed by atoms with Gasteiger partial charge >= 0.3 is 0 Å². The highest BCUT2D eigenvalue weighted by atomic mass is 35.5. The summed E-state index contributed by atoms with van der Waals surface area (Å²) in [5.41, 5.74) is 1.60. The van der Waals surface area contributed by atoms with Gasteiger partial charge in [0.15, 0.2) is 5.69 Å². The number of nitrogens with zero attached hydrogens (tertiary/aromatic N) is 2. The maximum atomic E-state index is 12.2. The molecular weight excluding hydrogens is 344 g/mol. The molecule has 0 saturated carbocycles. The Hall–Kier alpha value is -2.38. The minimum atomic E-state index is -0.722. The molecule has 0 radical (unpaired) electrons. The molecule has 25 heavy (non-hydrogen) atoms. The van der Waals surface area contributed by atoms with E-state index in [0.29, 0.717) is 11.6 Å². The van der Waals surface area contributed by atoms with E-state index < -0.39 is 6.10 Å². The van der Waals surface area contributed by atoms with Crippen molar-refractivity contribution in [3.63, 3.8) is 0 Å². The molecule has 8 heteroatoms. The molecular formula is C17H19ClN4O3. The number of β-amino-alcohol motifs (C(OH)–C–C–N with tert-alkyl or cyclic N) is 1. The van der Waals surface area contributed by atoms with Crippen LogP contribution in [-0.4, -0.2) is 45.9 Å². The van der Waals surface area contributed by atoms with Gasteiger partial charge in [-0.1, -0.05) is 23.7 Å². The Balaban J connectivity index is 1.53. The van der Waals surface area contributed by atoms with E-state index in [9.17, 15) is 14.7 Å². The molecule has 1 aliphatic rings. The summed E-state index contributed by atoms with van der Waals surface area (Å²) in [5, 5.41) is 19.9. The van der Waals surface area contributed by atoms with Crippen LogP contribution in [0.25, 0.3) is 0 Å². The number of hydrogen-bond donors (Lipinski definition) is 3. The minimum absolute atomic E-state index is 0.172. The summed E-state index contributed by atoms with van der Waals surface area (Å²) >= 11 is 5.84. The third kappa shape index (κ3) is 4.37. The first-order valence-corrected chi connectivity index (χ1v) is 8.47. The minimum Gasteiger partial charge on any atom is -0.389 e. The number of carbonyl (C=O) groups excluding carboxylic acids is 2. The SMILES string of the molecule is O=C(NCCCc1ccc(Cl)cc1)c1cc2n(n1)CC(O)CNC2=O. The Labute approximate surface area is 150 Å². The smallest absolute Gasteiger partial charge is 0.271 e. The molecule has 2 aromatic rings. The number of aliphatic hydroxyl groups excluding tert-OH is 1. The van der Waals surface area contributed by atoms with E-state index in [1.807, 2.05) is 24.3 Å². The van der Waals surface area contributed by atoms with Crippen LogP contribution in [0.15, 0.2) is 30.3 Å². The second-order valence-corrected chi connectivity index (χ2v) is 6.38. The molecule has 0 aliphatic carbocycles. The zero-order valence-corrected chi connectivity index (χ0v) is 14.3. The van der Waals surface area contributed by atoms with E-state index in [2.05, 4.69) is 15.7 Å². The van der Waals surface area contributed by atoms with Crippen LogP contribution < -0.4 is 10.6 Å². The van der Waals surface area contributed by atoms with Gasteiger partial charge in [-0.3, -0.25) is 14.3 Å². The number of rotatable bonds is 5. The van der Waals surface area contributed by atoms with Crippen LogP contribution in [-0.2, 0) is 13.0 Å². The topological polar surface area (TPSA) is 96.2 Å². The highest BCUT2D eigenvalue weighted by molar-refractivity contribution is 6.30. The number of aryl methyl sites for hydroxylation is 1. The summed E-state index contributed by atoms with van der Waals surface area (Å²) in [6, 6.07) is 9.04. The summed E-state index contributed by atoms with van der Waals surface area (Å²) in [6.45, 7) is 0.852. The predicted octanol–water partition coefficient (Wildman–Crippen LogP) is 1.00. The first kappa shape index (κ1) is 17.4. The molecule has 7 nitrogen and oxygen atoms in total. The number of amides is 2. The van der Waals surface area contributed by atoms with E-state index >= 15 is 0 Å². The number of nitrogens with one attached hydrogen (secondary N) is 2. The number of carbonyl (C=O) groups is 2. The number of aliphatic hydroxyl groups is 1. The maximum absolute atomic E-state index is 12.2. The van der Waals surface area contributed by atoms with Gasteiger partial charge in [-0.05, 0) is 30.5 Å². The fourth-order valence-corrected chi connectivity index (χ4v) is 2.78. The molecule has 3 N–H and O–H groups in total. The van der Waals surface area contributed by atoms with Crippen LogP contribution in [0.3, 0.4) is 0 Å². The highest BCUT2D eigenvalue weighted by Gasteiger charge is 2.24. The number of aromatic nitrogens is 2. The summed E-state index contributed by atoms with van der Waals surface area (Å²) in [5.74, 6) is -0.676. The van der Waals surface area contributed by atoms with Crippen LogP contribution in [0.1, 0.15) is 33.0 Å². The van der Waals surface area contributed by atoms with E-state index in [1.54, 1.807) is 0 Å². The average Bonchev–Trinajstić information content (AvgIpc) is 2.96. The predicted molar refractivity (Wildman–Crippen MR) is 92.7 cm³/mol. The lowest BCUT2D eigenvalue weighted by atomic mass is 10.1. The van der Waals surface area contributed by atoms with Crippen molar-refractivity contribution in [2.24, 2.45) is 0 Å². The van der Waals surface area contributed by atoms with Gasteiger partial charge in [0.05, 0.1) is 12.6 Å². The zero-order chi connectivity index (χ0) is 17.8. The van der Waals surface area contributed by atoms with E-state index in [-0.39, 0.29) is 36.3 Å². The molecule has 2 heterocycles. The van der Waals surface area contributed by atoms with Crippen LogP contribution in [0, 0.1) is 0 Å².